The van der Waals surface area contributed by atoms with E-state index in [4.69, 9.17) is 10.5 Å². The molecule has 0 unspecified atom stereocenters. The SMILES string of the molecule is NC1=NS(=O)(=O)Nc2cccc(OC[C@H]3CCCN(C(=O)c4ccnc(F)c4)C3)c21. The highest BCUT2D eigenvalue weighted by molar-refractivity contribution is 7.91. The van der Waals surface area contributed by atoms with Crippen LogP contribution >= 0.6 is 0 Å². The van der Waals surface area contributed by atoms with E-state index in [1.165, 1.54) is 12.3 Å². The Hall–Kier alpha value is -3.21. The Labute approximate surface area is 172 Å². The van der Waals surface area contributed by atoms with Crippen molar-refractivity contribution in [1.82, 2.24) is 9.88 Å². The minimum Gasteiger partial charge on any atom is -0.492 e. The first-order valence-electron chi connectivity index (χ1n) is 9.37. The molecule has 9 nitrogen and oxygen atoms in total. The van der Waals surface area contributed by atoms with Crippen LogP contribution in [-0.2, 0) is 10.2 Å². The van der Waals surface area contributed by atoms with Gasteiger partial charge in [-0.1, -0.05) is 6.07 Å². The lowest BCUT2D eigenvalue weighted by molar-refractivity contribution is 0.0632. The van der Waals surface area contributed by atoms with Crippen molar-refractivity contribution in [2.45, 2.75) is 12.8 Å². The summed E-state index contributed by atoms with van der Waals surface area (Å²) in [5, 5.41) is 0. The number of amides is 1. The highest BCUT2D eigenvalue weighted by Crippen LogP contribution is 2.31. The van der Waals surface area contributed by atoms with E-state index in [9.17, 15) is 17.6 Å². The molecule has 0 aliphatic carbocycles. The summed E-state index contributed by atoms with van der Waals surface area (Å²) in [6.07, 6.45) is 2.93. The first-order valence-corrected chi connectivity index (χ1v) is 10.8. The van der Waals surface area contributed by atoms with Gasteiger partial charge in [0.05, 0.1) is 17.9 Å². The third-order valence-electron chi connectivity index (χ3n) is 4.99. The normalized spacial score (nSPS) is 20.0. The van der Waals surface area contributed by atoms with Crippen molar-refractivity contribution in [2.75, 3.05) is 24.4 Å². The number of amidine groups is 1. The fourth-order valence-electron chi connectivity index (χ4n) is 3.65. The number of rotatable bonds is 4. The number of nitrogens with one attached hydrogen (secondary N) is 1. The lowest BCUT2D eigenvalue weighted by Gasteiger charge is -2.33. The molecule has 1 aromatic carbocycles. The molecule has 1 amide bonds. The van der Waals surface area contributed by atoms with E-state index in [1.54, 1.807) is 23.1 Å². The summed E-state index contributed by atoms with van der Waals surface area (Å²) < 4.78 is 48.5. The van der Waals surface area contributed by atoms with Crippen LogP contribution in [0.1, 0.15) is 28.8 Å². The van der Waals surface area contributed by atoms with Gasteiger partial charge in [-0.05, 0) is 31.0 Å². The largest absolute Gasteiger partial charge is 0.492 e. The van der Waals surface area contributed by atoms with Gasteiger partial charge in [0.1, 0.15) is 5.75 Å². The molecule has 4 rings (SSSR count). The lowest BCUT2D eigenvalue weighted by Crippen LogP contribution is -2.41. The smallest absolute Gasteiger partial charge is 0.344 e. The second-order valence-electron chi connectivity index (χ2n) is 7.17. The molecule has 3 heterocycles. The molecule has 11 heteroatoms. The molecule has 2 aromatic rings. The predicted molar refractivity (Wildman–Crippen MR) is 108 cm³/mol. The molecule has 0 saturated carbocycles. The lowest BCUT2D eigenvalue weighted by atomic mass is 9.98. The molecule has 2 aliphatic heterocycles. The molecular formula is C19H20FN5O4S. The quantitative estimate of drug-likeness (QED) is 0.704. The number of hydrogen-bond donors (Lipinski definition) is 2. The third kappa shape index (κ3) is 4.20. The van der Waals surface area contributed by atoms with Crippen molar-refractivity contribution >= 4 is 27.6 Å². The van der Waals surface area contributed by atoms with Gasteiger partial charge in [-0.15, -0.1) is 4.40 Å². The van der Waals surface area contributed by atoms with Gasteiger partial charge in [-0.3, -0.25) is 9.52 Å². The number of anilines is 1. The van der Waals surface area contributed by atoms with Crippen LogP contribution in [0.15, 0.2) is 40.9 Å². The minimum atomic E-state index is -3.86. The number of carbonyl (C=O) groups is 1. The Morgan fingerprint density at radius 2 is 2.20 bits per heavy atom. The van der Waals surface area contributed by atoms with Crippen molar-refractivity contribution in [2.24, 2.45) is 16.0 Å². The fraction of sp³-hybridized carbons (Fsp3) is 0.316. The summed E-state index contributed by atoms with van der Waals surface area (Å²) in [6, 6.07) is 7.54. The summed E-state index contributed by atoms with van der Waals surface area (Å²) in [5.41, 5.74) is 6.79. The van der Waals surface area contributed by atoms with Gasteiger partial charge in [0, 0.05) is 36.8 Å². The van der Waals surface area contributed by atoms with Crippen LogP contribution in [0.2, 0.25) is 0 Å². The Morgan fingerprint density at radius 1 is 1.37 bits per heavy atom. The Balaban J connectivity index is 1.45. The number of hydrogen-bond acceptors (Lipinski definition) is 6. The maximum atomic E-state index is 13.3. The molecule has 3 N–H and O–H groups in total. The first kappa shape index (κ1) is 20.1. The molecule has 1 atom stereocenters. The van der Waals surface area contributed by atoms with Gasteiger partial charge in [0.15, 0.2) is 5.84 Å². The maximum Gasteiger partial charge on any atom is 0.344 e. The average molecular weight is 433 g/mol. The Kier molecular flexibility index (Phi) is 5.29. The standard InChI is InChI=1S/C19H20FN5O4S/c20-16-9-13(6-7-22-16)19(26)25-8-2-3-12(10-25)11-29-15-5-1-4-14-17(15)18(21)24-30(27,28)23-14/h1,4-7,9,12,23H,2-3,8,10-11H2,(H2,21,24)/t12-/m0/s1. The molecule has 30 heavy (non-hydrogen) atoms. The number of likely N-dealkylation sites (tertiary alicyclic amines) is 1. The second kappa shape index (κ2) is 7.90. The summed E-state index contributed by atoms with van der Waals surface area (Å²) >= 11 is 0. The molecule has 1 saturated heterocycles. The van der Waals surface area contributed by atoms with Crippen molar-refractivity contribution in [1.29, 1.82) is 0 Å². The molecule has 158 valence electrons. The summed E-state index contributed by atoms with van der Waals surface area (Å²) in [6.45, 7) is 1.36. The molecule has 1 aromatic heterocycles. The predicted octanol–water partition coefficient (Wildman–Crippen LogP) is 1.53. The maximum absolute atomic E-state index is 13.3. The number of benzene rings is 1. The Morgan fingerprint density at radius 3 is 3.00 bits per heavy atom. The monoisotopic (exact) mass is 433 g/mol. The zero-order chi connectivity index (χ0) is 21.3. The van der Waals surface area contributed by atoms with Crippen molar-refractivity contribution in [3.05, 3.63) is 53.6 Å². The molecule has 0 radical (unpaired) electrons. The third-order valence-corrected chi connectivity index (χ3v) is 5.91. The van der Waals surface area contributed by atoms with Gasteiger partial charge in [-0.2, -0.15) is 12.8 Å². The number of piperidine rings is 1. The van der Waals surface area contributed by atoms with Gasteiger partial charge < -0.3 is 15.4 Å². The molecule has 2 aliphatic rings. The van der Waals surface area contributed by atoms with Crippen LogP contribution in [0.25, 0.3) is 0 Å². The molecule has 1 fully saturated rings. The van der Waals surface area contributed by atoms with E-state index < -0.39 is 16.2 Å². The van der Waals surface area contributed by atoms with Gasteiger partial charge >= 0.3 is 10.2 Å². The summed E-state index contributed by atoms with van der Waals surface area (Å²) in [7, 11) is -3.86. The zero-order valence-corrected chi connectivity index (χ0v) is 16.7. The number of nitrogens with two attached hydrogens (primary N) is 1. The van der Waals surface area contributed by atoms with Crippen LogP contribution in [0.3, 0.4) is 0 Å². The van der Waals surface area contributed by atoms with E-state index in [2.05, 4.69) is 14.1 Å². The minimum absolute atomic E-state index is 0.0590. The average Bonchev–Trinajstić information content (AvgIpc) is 2.70. The molecule has 0 bridgehead atoms. The topological polar surface area (TPSA) is 127 Å². The zero-order valence-electron chi connectivity index (χ0n) is 15.9. The highest BCUT2D eigenvalue weighted by Gasteiger charge is 2.27. The van der Waals surface area contributed by atoms with Crippen molar-refractivity contribution in [3.63, 3.8) is 0 Å². The van der Waals surface area contributed by atoms with Crippen LogP contribution in [0.5, 0.6) is 5.75 Å². The molecule has 0 spiro atoms. The molecular weight excluding hydrogens is 413 g/mol. The van der Waals surface area contributed by atoms with Gasteiger partial charge in [-0.25, -0.2) is 4.98 Å². The number of pyridine rings is 1. The number of carbonyl (C=O) groups excluding carboxylic acids is 1. The van der Waals surface area contributed by atoms with Gasteiger partial charge in [0.2, 0.25) is 5.95 Å². The first-order chi connectivity index (χ1) is 14.3. The van der Waals surface area contributed by atoms with Crippen LogP contribution in [0.4, 0.5) is 10.1 Å². The summed E-state index contributed by atoms with van der Waals surface area (Å²) in [4.78, 5) is 17.8. The van der Waals surface area contributed by atoms with E-state index in [0.717, 1.165) is 18.9 Å². The van der Waals surface area contributed by atoms with E-state index in [1.807, 2.05) is 0 Å². The number of fused-ring (bicyclic) bond motifs is 1. The fourth-order valence-corrected chi connectivity index (χ4v) is 4.49. The Bertz CT molecular complexity index is 1120. The van der Waals surface area contributed by atoms with Gasteiger partial charge in [0.25, 0.3) is 5.91 Å². The van der Waals surface area contributed by atoms with Crippen LogP contribution in [0, 0.1) is 11.9 Å². The summed E-state index contributed by atoms with van der Waals surface area (Å²) in [5.74, 6) is -0.607. The van der Waals surface area contributed by atoms with E-state index in [0.29, 0.717) is 36.7 Å². The number of nitrogens with zero attached hydrogens (tertiary/aromatic N) is 3. The second-order valence-corrected chi connectivity index (χ2v) is 8.51. The van der Waals surface area contributed by atoms with Crippen molar-refractivity contribution in [3.8, 4) is 5.75 Å². The number of ether oxygens (including phenoxy) is 1. The van der Waals surface area contributed by atoms with Crippen LogP contribution < -0.4 is 15.2 Å². The number of aromatic nitrogens is 1. The number of halogens is 1. The van der Waals surface area contributed by atoms with E-state index >= 15 is 0 Å². The highest BCUT2D eigenvalue weighted by atomic mass is 32.2. The van der Waals surface area contributed by atoms with Crippen LogP contribution in [-0.4, -0.2) is 49.7 Å². The van der Waals surface area contributed by atoms with E-state index in [-0.39, 0.29) is 23.2 Å². The van der Waals surface area contributed by atoms with Crippen molar-refractivity contribution < 1.29 is 22.3 Å².